The van der Waals surface area contributed by atoms with Gasteiger partial charge in [0.05, 0.1) is 6.54 Å². The minimum atomic E-state index is -0.182. The van der Waals surface area contributed by atoms with Gasteiger partial charge < -0.3 is 4.74 Å². The molecule has 1 heterocycles. The third-order valence-corrected chi connectivity index (χ3v) is 3.94. The number of rotatable bonds is 8. The first-order valence-corrected chi connectivity index (χ1v) is 8.73. The fourth-order valence-electron chi connectivity index (χ4n) is 2.45. The predicted octanol–water partition coefficient (Wildman–Crippen LogP) is 4.50. The fraction of sp³-hybridized carbons (Fsp3) is 0.700. The fourth-order valence-corrected chi connectivity index (χ4v) is 2.45. The first kappa shape index (κ1) is 19.7. The van der Waals surface area contributed by atoms with Crippen molar-refractivity contribution in [3.63, 3.8) is 0 Å². The highest BCUT2D eigenvalue weighted by molar-refractivity contribution is 5.71. The van der Waals surface area contributed by atoms with Gasteiger partial charge in [-0.2, -0.15) is 0 Å². The van der Waals surface area contributed by atoms with Gasteiger partial charge in [-0.1, -0.05) is 25.5 Å². The molecule has 1 aliphatic heterocycles. The summed E-state index contributed by atoms with van der Waals surface area (Å²) in [5.74, 6) is -0.113. The summed E-state index contributed by atoms with van der Waals surface area (Å²) in [4.78, 5) is 14.0. The molecule has 23 heavy (non-hydrogen) atoms. The lowest BCUT2D eigenvalue weighted by Gasteiger charge is -2.20. The standard InChI is InChI=1S/C20H33NO2/c1-17(2)9-8-10-18(3)11-12-20(4,5)16-23-19(22)15-21-13-6-7-14-21/h9,12H,6-8,10,13-16H2,1-5H3. The van der Waals surface area contributed by atoms with Crippen LogP contribution in [-0.4, -0.2) is 37.1 Å². The van der Waals surface area contributed by atoms with Crippen LogP contribution in [0.25, 0.3) is 0 Å². The van der Waals surface area contributed by atoms with Crippen LogP contribution in [0.2, 0.25) is 0 Å². The summed E-state index contributed by atoms with van der Waals surface area (Å²) in [5, 5.41) is 0. The van der Waals surface area contributed by atoms with Crippen molar-refractivity contribution in [2.24, 2.45) is 5.41 Å². The lowest BCUT2D eigenvalue weighted by Crippen LogP contribution is -2.30. The number of allylic oxidation sites excluding steroid dienone is 2. The zero-order chi connectivity index (χ0) is 17.3. The largest absolute Gasteiger partial charge is 0.464 e. The second kappa shape index (κ2) is 9.75. The summed E-state index contributed by atoms with van der Waals surface area (Å²) >= 11 is 0. The number of hydrogen-bond acceptors (Lipinski definition) is 3. The van der Waals surface area contributed by atoms with Crippen LogP contribution in [0.3, 0.4) is 0 Å². The molecule has 0 spiro atoms. The first-order chi connectivity index (χ1) is 10.8. The molecule has 0 atom stereocenters. The Balaban J connectivity index is 2.39. The molecule has 1 rings (SSSR count). The summed E-state index contributed by atoms with van der Waals surface area (Å²) in [7, 11) is 0. The molecule has 0 aliphatic carbocycles. The number of nitrogens with zero attached hydrogens (tertiary/aromatic N) is 1. The average molecular weight is 319 g/mol. The average Bonchev–Trinajstić information content (AvgIpc) is 2.96. The molecule has 0 amide bonds. The third kappa shape index (κ3) is 9.43. The molecule has 3 heteroatoms. The van der Waals surface area contributed by atoms with Gasteiger partial charge in [-0.3, -0.25) is 9.69 Å². The Morgan fingerprint density at radius 2 is 1.87 bits per heavy atom. The molecule has 0 bridgehead atoms. The van der Waals surface area contributed by atoms with E-state index in [2.05, 4.69) is 51.3 Å². The van der Waals surface area contributed by atoms with Crippen LogP contribution >= 0.6 is 0 Å². The minimum Gasteiger partial charge on any atom is -0.464 e. The summed E-state index contributed by atoms with van der Waals surface area (Å²) in [6, 6.07) is 0. The van der Waals surface area contributed by atoms with Crippen molar-refractivity contribution in [2.45, 2.75) is 60.3 Å². The Morgan fingerprint density at radius 1 is 1.22 bits per heavy atom. The highest BCUT2D eigenvalue weighted by Gasteiger charge is 2.20. The van der Waals surface area contributed by atoms with E-state index >= 15 is 0 Å². The second-order valence-corrected chi connectivity index (χ2v) is 7.52. The third-order valence-electron chi connectivity index (χ3n) is 3.94. The van der Waals surface area contributed by atoms with Crippen LogP contribution in [0.1, 0.15) is 60.3 Å². The van der Waals surface area contributed by atoms with Gasteiger partial charge in [-0.25, -0.2) is 0 Å². The van der Waals surface area contributed by atoms with Gasteiger partial charge in [0.2, 0.25) is 0 Å². The van der Waals surface area contributed by atoms with Crippen molar-refractivity contribution >= 4 is 5.97 Å². The second-order valence-electron chi connectivity index (χ2n) is 7.52. The number of esters is 1. The molecule has 0 N–H and O–H groups in total. The van der Waals surface area contributed by atoms with E-state index in [9.17, 15) is 4.79 Å². The summed E-state index contributed by atoms with van der Waals surface area (Å²) in [6.07, 6.45) is 8.74. The van der Waals surface area contributed by atoms with Gasteiger partial charge in [0.1, 0.15) is 6.61 Å². The van der Waals surface area contributed by atoms with Crippen molar-refractivity contribution in [1.29, 1.82) is 0 Å². The maximum atomic E-state index is 11.9. The maximum absolute atomic E-state index is 11.9. The van der Waals surface area contributed by atoms with Gasteiger partial charge >= 0.3 is 5.97 Å². The van der Waals surface area contributed by atoms with Crippen molar-refractivity contribution in [1.82, 2.24) is 4.90 Å². The van der Waals surface area contributed by atoms with Crippen LogP contribution in [0.4, 0.5) is 0 Å². The maximum Gasteiger partial charge on any atom is 0.320 e. The Bertz CT molecular complexity index is 472. The molecule has 3 nitrogen and oxygen atoms in total. The normalized spacial score (nSPS) is 15.0. The number of carbonyl (C=O) groups is 1. The molecule has 1 fully saturated rings. The van der Waals surface area contributed by atoms with E-state index in [1.807, 2.05) is 6.08 Å². The van der Waals surface area contributed by atoms with E-state index in [0.717, 1.165) is 25.9 Å². The molecule has 0 radical (unpaired) electrons. The number of ether oxygens (including phenoxy) is 1. The van der Waals surface area contributed by atoms with Crippen molar-refractivity contribution in [3.8, 4) is 0 Å². The molecular weight excluding hydrogens is 286 g/mol. The molecule has 0 unspecified atom stereocenters. The Labute approximate surface area is 142 Å². The highest BCUT2D eigenvalue weighted by atomic mass is 16.5. The number of hydrogen-bond donors (Lipinski definition) is 0. The molecule has 130 valence electrons. The molecule has 0 saturated carbocycles. The van der Waals surface area contributed by atoms with Gasteiger partial charge in [0.25, 0.3) is 0 Å². The first-order valence-electron chi connectivity index (χ1n) is 8.73. The lowest BCUT2D eigenvalue weighted by atomic mass is 9.94. The highest BCUT2D eigenvalue weighted by Crippen LogP contribution is 2.18. The number of carbonyl (C=O) groups excluding carboxylic acids is 1. The van der Waals surface area contributed by atoms with E-state index in [4.69, 9.17) is 4.74 Å². The Hall–Kier alpha value is -1.31. The van der Waals surface area contributed by atoms with E-state index < -0.39 is 0 Å². The lowest BCUT2D eigenvalue weighted by molar-refractivity contribution is -0.146. The SMILES string of the molecule is CC(=C=CC(C)(C)COC(=O)CN1CCCC1)CCC=C(C)C. The summed E-state index contributed by atoms with van der Waals surface area (Å²) in [5.41, 5.74) is 5.76. The van der Waals surface area contributed by atoms with Gasteiger partial charge in [-0.05, 0) is 71.2 Å². The quantitative estimate of drug-likeness (QED) is 0.375. The molecule has 0 aromatic rings. The predicted molar refractivity (Wildman–Crippen MR) is 96.3 cm³/mol. The van der Waals surface area contributed by atoms with Gasteiger partial charge in [-0.15, -0.1) is 5.73 Å². The van der Waals surface area contributed by atoms with Crippen molar-refractivity contribution in [2.75, 3.05) is 26.2 Å². The monoisotopic (exact) mass is 319 g/mol. The zero-order valence-corrected chi connectivity index (χ0v) is 15.6. The molecule has 1 saturated heterocycles. The minimum absolute atomic E-state index is 0.113. The topological polar surface area (TPSA) is 29.5 Å². The molecule has 1 aliphatic rings. The van der Waals surface area contributed by atoms with E-state index in [0.29, 0.717) is 13.2 Å². The summed E-state index contributed by atoms with van der Waals surface area (Å²) in [6.45, 7) is 13.4. The molecule has 0 aromatic carbocycles. The Morgan fingerprint density at radius 3 is 2.48 bits per heavy atom. The van der Waals surface area contributed by atoms with E-state index in [-0.39, 0.29) is 11.4 Å². The molecular formula is C20H33NO2. The van der Waals surface area contributed by atoms with Gasteiger partial charge in [0, 0.05) is 5.41 Å². The van der Waals surface area contributed by atoms with Gasteiger partial charge in [0.15, 0.2) is 0 Å². The molecule has 0 aromatic heterocycles. The Kier molecular flexibility index (Phi) is 8.36. The van der Waals surface area contributed by atoms with E-state index in [1.165, 1.54) is 24.0 Å². The smallest absolute Gasteiger partial charge is 0.320 e. The van der Waals surface area contributed by atoms with E-state index in [1.54, 1.807) is 0 Å². The van der Waals surface area contributed by atoms with Crippen LogP contribution < -0.4 is 0 Å². The van der Waals surface area contributed by atoms with Crippen LogP contribution in [-0.2, 0) is 9.53 Å². The number of likely N-dealkylation sites (tertiary alicyclic amines) is 1. The van der Waals surface area contributed by atoms with Crippen molar-refractivity contribution < 1.29 is 9.53 Å². The van der Waals surface area contributed by atoms with Crippen LogP contribution in [0.5, 0.6) is 0 Å². The van der Waals surface area contributed by atoms with Crippen molar-refractivity contribution in [3.05, 3.63) is 29.0 Å². The van der Waals surface area contributed by atoms with Crippen LogP contribution in [0.15, 0.2) is 29.0 Å². The summed E-state index contributed by atoms with van der Waals surface area (Å²) < 4.78 is 5.44. The van der Waals surface area contributed by atoms with Crippen LogP contribution in [0, 0.1) is 5.41 Å². The zero-order valence-electron chi connectivity index (χ0n) is 15.6.